The fraction of sp³-hybridized carbons (Fsp3) is 0.333. The quantitative estimate of drug-likeness (QED) is 0.242. The number of hydrogen-bond acceptors (Lipinski definition) is 10. The topological polar surface area (TPSA) is 171 Å². The number of methoxy groups -OCH3 is 1. The maximum atomic E-state index is 13.5. The number of carbonyl (C=O) groups excluding carboxylic acids is 3. The number of halogens is 3. The number of hydrogen-bond donors (Lipinski definition) is 2. The smallest absolute Gasteiger partial charge is 0.417 e. The summed E-state index contributed by atoms with van der Waals surface area (Å²) >= 11 is 0. The average molecular weight is 640 g/mol. The molecule has 1 aliphatic rings. The minimum atomic E-state index is -4.54. The lowest BCUT2D eigenvalue weighted by Crippen LogP contribution is -2.46. The van der Waals surface area contributed by atoms with Gasteiger partial charge in [-0.25, -0.2) is 9.78 Å². The number of pyridine rings is 1. The van der Waals surface area contributed by atoms with E-state index in [1.807, 2.05) is 0 Å². The van der Waals surface area contributed by atoms with Crippen LogP contribution in [0.4, 0.5) is 23.7 Å². The Morgan fingerprint density at radius 1 is 1.04 bits per heavy atom. The van der Waals surface area contributed by atoms with Crippen molar-refractivity contribution in [1.29, 1.82) is 0 Å². The summed E-state index contributed by atoms with van der Waals surface area (Å²) in [4.78, 5) is 60.1. The van der Waals surface area contributed by atoms with E-state index in [0.29, 0.717) is 24.1 Å². The zero-order valence-corrected chi connectivity index (χ0v) is 24.8. The molecule has 1 atom stereocenters. The van der Waals surface area contributed by atoms with Gasteiger partial charge in [0, 0.05) is 11.8 Å². The fourth-order valence-corrected chi connectivity index (χ4v) is 4.80. The third-order valence-electron chi connectivity index (χ3n) is 7.44. The molecule has 0 radical (unpaired) electrons. The Balaban J connectivity index is 1.37. The molecule has 1 aliphatic carbocycles. The van der Waals surface area contributed by atoms with E-state index in [1.165, 1.54) is 6.07 Å². The molecule has 0 unspecified atom stereocenters. The van der Waals surface area contributed by atoms with Gasteiger partial charge in [0.25, 0.3) is 11.4 Å². The predicted molar refractivity (Wildman–Crippen MR) is 155 cm³/mol. The number of ether oxygens (including phenoxy) is 1. The van der Waals surface area contributed by atoms with Gasteiger partial charge in [0.1, 0.15) is 18.1 Å². The van der Waals surface area contributed by atoms with Crippen LogP contribution < -0.4 is 16.2 Å². The van der Waals surface area contributed by atoms with E-state index < -0.39 is 64.9 Å². The first-order valence-corrected chi connectivity index (χ1v) is 14.1. The molecule has 1 aromatic carbocycles. The molecule has 46 heavy (non-hydrogen) atoms. The zero-order valence-electron chi connectivity index (χ0n) is 24.8. The number of ketones is 1. The first-order valence-electron chi connectivity index (χ1n) is 14.1. The summed E-state index contributed by atoms with van der Waals surface area (Å²) in [5, 5.41) is 12.8. The Bertz CT molecular complexity index is 1820. The molecule has 13 nitrogen and oxygen atoms in total. The molecule has 3 heterocycles. The van der Waals surface area contributed by atoms with E-state index in [-0.39, 0.29) is 17.4 Å². The minimum Gasteiger partial charge on any atom is -0.453 e. The molecule has 3 aromatic heterocycles. The summed E-state index contributed by atoms with van der Waals surface area (Å²) < 4.78 is 50.3. The summed E-state index contributed by atoms with van der Waals surface area (Å²) in [5.41, 5.74) is -1.97. The Morgan fingerprint density at radius 2 is 1.76 bits per heavy atom. The van der Waals surface area contributed by atoms with E-state index in [2.05, 4.69) is 35.5 Å². The van der Waals surface area contributed by atoms with Crippen molar-refractivity contribution in [3.63, 3.8) is 0 Å². The van der Waals surface area contributed by atoms with Gasteiger partial charge in [-0.3, -0.25) is 29.3 Å². The maximum Gasteiger partial charge on any atom is 0.417 e. The van der Waals surface area contributed by atoms with Crippen LogP contribution in [0.25, 0.3) is 11.4 Å². The number of Topliss-reactive ketones (excluding diaryl/α,β-unsaturated/α-hetero) is 1. The van der Waals surface area contributed by atoms with Crippen molar-refractivity contribution in [3.8, 4) is 11.4 Å². The molecule has 1 fully saturated rings. The number of anilines is 1. The van der Waals surface area contributed by atoms with Crippen LogP contribution in [0.3, 0.4) is 0 Å². The van der Waals surface area contributed by atoms with Gasteiger partial charge in [-0.1, -0.05) is 44.2 Å². The number of carbonyl (C=O) groups is 3. The molecule has 4 aromatic rings. The molecule has 2 N–H and O–H groups in total. The largest absolute Gasteiger partial charge is 0.453 e. The van der Waals surface area contributed by atoms with Crippen molar-refractivity contribution in [1.82, 2.24) is 30.0 Å². The van der Waals surface area contributed by atoms with Crippen LogP contribution in [0.5, 0.6) is 0 Å². The third kappa shape index (κ3) is 6.50. The predicted octanol–water partition coefficient (Wildman–Crippen LogP) is 3.99. The number of rotatable bonds is 10. The van der Waals surface area contributed by atoms with Crippen molar-refractivity contribution in [2.75, 3.05) is 12.4 Å². The summed E-state index contributed by atoms with van der Waals surface area (Å²) in [7, 11) is 1.12. The standard InChI is InChI=1S/C30H28F3N7O6/c1-16(2)22(23(42)25-38-39-27(46-25)29(11-12-29)20-10-9-18(13-34-20)30(31,32)33)37-21(41)15-40-24(17-7-5-4-6-8-17)35-14-19(26(40)43)36-28(44)45-3/h4-10,13-14,16,22H,11-12,15H2,1-3H3,(H,36,44)(H,37,41)/t22-/m1/s1. The maximum absolute atomic E-state index is 13.5. The summed E-state index contributed by atoms with van der Waals surface area (Å²) in [5.74, 6) is -2.13. The Labute approximate surface area is 259 Å². The van der Waals surface area contributed by atoms with Crippen molar-refractivity contribution in [2.24, 2.45) is 5.92 Å². The molecule has 0 aliphatic heterocycles. The van der Waals surface area contributed by atoms with Crippen molar-refractivity contribution < 1.29 is 36.7 Å². The molecule has 5 rings (SSSR count). The van der Waals surface area contributed by atoms with E-state index in [4.69, 9.17) is 4.42 Å². The Kier molecular flexibility index (Phi) is 8.72. The molecular weight excluding hydrogens is 611 g/mol. The Morgan fingerprint density at radius 3 is 2.35 bits per heavy atom. The lowest BCUT2D eigenvalue weighted by Gasteiger charge is -2.21. The average Bonchev–Trinajstić information content (AvgIpc) is 3.69. The van der Waals surface area contributed by atoms with Gasteiger partial charge < -0.3 is 14.5 Å². The van der Waals surface area contributed by atoms with Gasteiger partial charge in [0.2, 0.25) is 17.6 Å². The first-order chi connectivity index (χ1) is 21.8. The fourth-order valence-electron chi connectivity index (χ4n) is 4.80. The first kappa shape index (κ1) is 32.0. The lowest BCUT2D eigenvalue weighted by molar-refractivity contribution is -0.137. The third-order valence-corrected chi connectivity index (χ3v) is 7.44. The van der Waals surface area contributed by atoms with E-state index >= 15 is 0 Å². The van der Waals surface area contributed by atoms with E-state index in [9.17, 15) is 32.3 Å². The zero-order chi connectivity index (χ0) is 33.2. The van der Waals surface area contributed by atoms with Gasteiger partial charge in [0.05, 0.1) is 36.0 Å². The van der Waals surface area contributed by atoms with E-state index in [1.54, 1.807) is 44.2 Å². The highest BCUT2D eigenvalue weighted by Gasteiger charge is 2.52. The van der Waals surface area contributed by atoms with Crippen molar-refractivity contribution >= 4 is 23.5 Å². The number of alkyl halides is 3. The molecular formula is C30H28F3N7O6. The van der Waals surface area contributed by atoms with Gasteiger partial charge >= 0.3 is 12.3 Å². The number of nitrogens with zero attached hydrogens (tertiary/aromatic N) is 5. The summed E-state index contributed by atoms with van der Waals surface area (Å²) in [6.07, 6.45) is -2.62. The lowest BCUT2D eigenvalue weighted by atomic mass is 9.99. The number of aromatic nitrogens is 5. The Hall–Kier alpha value is -5.41. The molecule has 1 saturated carbocycles. The second-order valence-electron chi connectivity index (χ2n) is 10.9. The summed E-state index contributed by atoms with van der Waals surface area (Å²) in [6.45, 7) is 2.79. The van der Waals surface area contributed by atoms with Gasteiger partial charge in [-0.2, -0.15) is 13.2 Å². The number of nitrogens with one attached hydrogen (secondary N) is 2. The SMILES string of the molecule is COC(=O)Nc1cnc(-c2ccccc2)n(CC(=O)N[C@@H](C(=O)c2nnc(C3(c4ccc(C(F)(F)F)cn4)CC3)o2)C(C)C)c1=O. The van der Waals surface area contributed by atoms with Crippen LogP contribution in [0.15, 0.2) is 64.1 Å². The van der Waals surface area contributed by atoms with Crippen LogP contribution in [-0.2, 0) is 27.7 Å². The van der Waals surface area contributed by atoms with Crippen LogP contribution in [0, 0.1) is 5.92 Å². The summed E-state index contributed by atoms with van der Waals surface area (Å²) in [6, 6.07) is 9.58. The molecule has 240 valence electrons. The molecule has 0 bridgehead atoms. The van der Waals surface area contributed by atoms with Gasteiger partial charge in [0.15, 0.2) is 0 Å². The highest BCUT2D eigenvalue weighted by molar-refractivity contribution is 5.98. The van der Waals surface area contributed by atoms with Crippen LogP contribution >= 0.6 is 0 Å². The highest BCUT2D eigenvalue weighted by Crippen LogP contribution is 2.52. The monoisotopic (exact) mass is 639 g/mol. The number of amides is 2. The van der Waals surface area contributed by atoms with Crippen molar-refractivity contribution in [3.05, 3.63) is 88.3 Å². The molecule has 0 spiro atoms. The van der Waals surface area contributed by atoms with Crippen LogP contribution in [-0.4, -0.2) is 55.7 Å². The van der Waals surface area contributed by atoms with Crippen LogP contribution in [0.2, 0.25) is 0 Å². The number of benzene rings is 1. The second kappa shape index (κ2) is 12.5. The van der Waals surface area contributed by atoms with Crippen LogP contribution in [0.1, 0.15) is 54.5 Å². The minimum absolute atomic E-state index is 0.0250. The van der Waals surface area contributed by atoms with E-state index in [0.717, 1.165) is 30.1 Å². The van der Waals surface area contributed by atoms with Gasteiger partial charge in [-0.05, 0) is 30.9 Å². The molecule has 0 saturated heterocycles. The highest BCUT2D eigenvalue weighted by atomic mass is 19.4. The molecule has 2 amide bonds. The normalized spacial score (nSPS) is 14.4. The van der Waals surface area contributed by atoms with Crippen molar-refractivity contribution in [2.45, 2.75) is 50.9 Å². The second-order valence-corrected chi connectivity index (χ2v) is 10.9. The van der Waals surface area contributed by atoms with Gasteiger partial charge in [-0.15, -0.1) is 10.2 Å². The molecule has 16 heteroatoms.